The molecule has 4 nitrogen and oxygen atoms in total. The third-order valence-electron chi connectivity index (χ3n) is 5.67. The van der Waals surface area contributed by atoms with Crippen molar-refractivity contribution in [3.05, 3.63) is 101 Å². The molecule has 0 radical (unpaired) electrons. The van der Waals surface area contributed by atoms with Gasteiger partial charge in [-0.25, -0.2) is 8.78 Å². The molecule has 7 heteroatoms. The molecule has 0 saturated carbocycles. The van der Waals surface area contributed by atoms with Crippen LogP contribution in [0.15, 0.2) is 72.8 Å². The fourth-order valence-corrected chi connectivity index (χ4v) is 5.74. The summed E-state index contributed by atoms with van der Waals surface area (Å²) in [6.45, 7) is 0.644. The summed E-state index contributed by atoms with van der Waals surface area (Å²) in [4.78, 5) is 29.2. The Morgan fingerprint density at radius 1 is 0.968 bits per heavy atom. The molecule has 3 aromatic rings. The van der Waals surface area contributed by atoms with Crippen LogP contribution < -0.4 is 4.90 Å². The van der Waals surface area contributed by atoms with E-state index in [-0.39, 0.29) is 29.7 Å². The average Bonchev–Trinajstić information content (AvgIpc) is 3.32. The highest BCUT2D eigenvalue weighted by Gasteiger charge is 2.59. The maximum absolute atomic E-state index is 13.8. The summed E-state index contributed by atoms with van der Waals surface area (Å²) >= 11 is 1.42. The molecule has 2 amide bonds. The molecule has 1 atom stereocenters. The second-order valence-electron chi connectivity index (χ2n) is 7.49. The van der Waals surface area contributed by atoms with Gasteiger partial charge in [-0.15, -0.1) is 11.8 Å². The average molecular weight is 436 g/mol. The molecular weight excluding hydrogens is 418 g/mol. The van der Waals surface area contributed by atoms with E-state index in [2.05, 4.69) is 0 Å². The summed E-state index contributed by atoms with van der Waals surface area (Å²) < 4.78 is 27.1. The Labute approximate surface area is 182 Å². The Bertz CT molecular complexity index is 1180. The van der Waals surface area contributed by atoms with Crippen molar-refractivity contribution in [3.63, 3.8) is 0 Å². The van der Waals surface area contributed by atoms with Crippen LogP contribution in [0.25, 0.3) is 0 Å². The molecule has 2 aliphatic heterocycles. The molecule has 2 aliphatic rings. The summed E-state index contributed by atoms with van der Waals surface area (Å²) in [5.74, 6) is -0.845. The molecule has 5 rings (SSSR count). The van der Waals surface area contributed by atoms with E-state index < -0.39 is 10.7 Å². The molecule has 1 unspecified atom stereocenters. The lowest BCUT2D eigenvalue weighted by Gasteiger charge is -2.33. The number of fused-ring (bicyclic) bond motifs is 2. The SMILES string of the molecule is O=C(c1cccc(F)c1)N1CCSC12C(=O)N(Cc1ccc(F)cc1)c1ccccc12. The van der Waals surface area contributed by atoms with E-state index in [1.54, 1.807) is 28.0 Å². The number of amides is 2. The molecule has 156 valence electrons. The lowest BCUT2D eigenvalue weighted by Crippen LogP contribution is -2.50. The molecular formula is C24H18F2N2O2S. The van der Waals surface area contributed by atoms with Crippen LogP contribution in [-0.2, 0) is 16.2 Å². The standard InChI is InChI=1S/C24H18F2N2O2S/c25-18-10-8-16(9-11-18)15-27-21-7-2-1-6-20(21)24(23(27)30)28(12-13-31-24)22(29)17-4-3-5-19(26)14-17/h1-11,14H,12-13,15H2. The Balaban J connectivity index is 1.57. The number of para-hydroxylation sites is 1. The first kappa shape index (κ1) is 19.8. The summed E-state index contributed by atoms with van der Waals surface area (Å²) in [6.07, 6.45) is 0. The minimum atomic E-state index is -1.19. The molecule has 2 heterocycles. The zero-order chi connectivity index (χ0) is 21.6. The fourth-order valence-electron chi connectivity index (χ4n) is 4.27. The number of hydrogen-bond donors (Lipinski definition) is 0. The number of hydrogen-bond acceptors (Lipinski definition) is 3. The third kappa shape index (κ3) is 3.11. The van der Waals surface area contributed by atoms with Gasteiger partial charge in [0.25, 0.3) is 11.8 Å². The van der Waals surface area contributed by atoms with Gasteiger partial charge in [-0.05, 0) is 42.0 Å². The number of benzene rings is 3. The lowest BCUT2D eigenvalue weighted by atomic mass is 10.0. The van der Waals surface area contributed by atoms with E-state index in [0.717, 1.165) is 16.8 Å². The van der Waals surface area contributed by atoms with Gasteiger partial charge in [0.15, 0.2) is 4.87 Å². The quantitative estimate of drug-likeness (QED) is 0.605. The van der Waals surface area contributed by atoms with Crippen molar-refractivity contribution in [2.75, 3.05) is 17.2 Å². The van der Waals surface area contributed by atoms with E-state index in [9.17, 15) is 18.4 Å². The maximum Gasteiger partial charge on any atom is 0.268 e. The molecule has 31 heavy (non-hydrogen) atoms. The van der Waals surface area contributed by atoms with Crippen LogP contribution in [-0.4, -0.2) is 29.0 Å². The highest BCUT2D eigenvalue weighted by atomic mass is 32.2. The van der Waals surface area contributed by atoms with Crippen LogP contribution in [0.5, 0.6) is 0 Å². The smallest absolute Gasteiger partial charge is 0.268 e. The van der Waals surface area contributed by atoms with E-state index in [1.807, 2.05) is 24.3 Å². The van der Waals surface area contributed by atoms with Gasteiger partial charge in [0.2, 0.25) is 0 Å². The first-order chi connectivity index (χ1) is 15.0. The monoisotopic (exact) mass is 436 g/mol. The Kier molecular flexibility index (Phi) is 4.78. The van der Waals surface area contributed by atoms with Crippen molar-refractivity contribution in [3.8, 4) is 0 Å². The molecule has 1 spiro atoms. The Morgan fingerprint density at radius 2 is 1.74 bits per heavy atom. The highest BCUT2D eigenvalue weighted by molar-refractivity contribution is 8.01. The van der Waals surface area contributed by atoms with Gasteiger partial charge in [0, 0.05) is 23.4 Å². The second kappa shape index (κ2) is 7.50. The van der Waals surface area contributed by atoms with Crippen molar-refractivity contribution in [2.45, 2.75) is 11.4 Å². The number of carbonyl (C=O) groups is 2. The molecule has 3 aromatic carbocycles. The van der Waals surface area contributed by atoms with Crippen LogP contribution in [0.2, 0.25) is 0 Å². The molecule has 1 fully saturated rings. The summed E-state index contributed by atoms with van der Waals surface area (Å²) in [5.41, 5.74) is 2.47. The van der Waals surface area contributed by atoms with Crippen molar-refractivity contribution in [2.24, 2.45) is 0 Å². The normalized spacial score (nSPS) is 19.9. The molecule has 0 N–H and O–H groups in total. The van der Waals surface area contributed by atoms with Crippen LogP contribution in [0.3, 0.4) is 0 Å². The summed E-state index contributed by atoms with van der Waals surface area (Å²) in [7, 11) is 0. The molecule has 0 bridgehead atoms. The zero-order valence-electron chi connectivity index (χ0n) is 16.4. The predicted molar refractivity (Wildman–Crippen MR) is 116 cm³/mol. The van der Waals surface area contributed by atoms with E-state index >= 15 is 0 Å². The van der Waals surface area contributed by atoms with Crippen LogP contribution in [0.4, 0.5) is 14.5 Å². The number of thioether (sulfide) groups is 1. The van der Waals surface area contributed by atoms with Crippen molar-refractivity contribution in [1.29, 1.82) is 0 Å². The number of nitrogens with zero attached hydrogens (tertiary/aromatic N) is 2. The van der Waals surface area contributed by atoms with Gasteiger partial charge in [0.1, 0.15) is 11.6 Å². The largest absolute Gasteiger partial charge is 0.311 e. The van der Waals surface area contributed by atoms with E-state index in [4.69, 9.17) is 0 Å². The van der Waals surface area contributed by atoms with E-state index in [1.165, 1.54) is 42.1 Å². The Hall–Kier alpha value is -3.19. The van der Waals surface area contributed by atoms with Gasteiger partial charge in [0.05, 0.1) is 12.2 Å². The minimum Gasteiger partial charge on any atom is -0.311 e. The second-order valence-corrected chi connectivity index (χ2v) is 8.78. The minimum absolute atomic E-state index is 0.212. The van der Waals surface area contributed by atoms with Crippen molar-refractivity contribution in [1.82, 2.24) is 4.90 Å². The van der Waals surface area contributed by atoms with Gasteiger partial charge in [-0.2, -0.15) is 0 Å². The Morgan fingerprint density at radius 3 is 2.52 bits per heavy atom. The van der Waals surface area contributed by atoms with Gasteiger partial charge >= 0.3 is 0 Å². The number of halogens is 2. The molecule has 0 aliphatic carbocycles. The van der Waals surface area contributed by atoms with Crippen molar-refractivity contribution >= 4 is 29.3 Å². The van der Waals surface area contributed by atoms with Gasteiger partial charge in [-0.3, -0.25) is 9.59 Å². The number of carbonyl (C=O) groups excluding carboxylic acids is 2. The number of rotatable bonds is 3. The summed E-state index contributed by atoms with van der Waals surface area (Å²) in [5, 5.41) is 0. The number of anilines is 1. The fraction of sp³-hybridized carbons (Fsp3) is 0.167. The van der Waals surface area contributed by atoms with Gasteiger partial charge in [-0.1, -0.05) is 36.4 Å². The zero-order valence-corrected chi connectivity index (χ0v) is 17.2. The molecule has 0 aromatic heterocycles. The third-order valence-corrected chi connectivity index (χ3v) is 7.09. The van der Waals surface area contributed by atoms with Crippen LogP contribution >= 0.6 is 11.8 Å². The van der Waals surface area contributed by atoms with E-state index in [0.29, 0.717) is 12.3 Å². The highest BCUT2D eigenvalue weighted by Crippen LogP contribution is 2.54. The predicted octanol–water partition coefficient (Wildman–Crippen LogP) is 4.55. The van der Waals surface area contributed by atoms with Crippen LogP contribution in [0.1, 0.15) is 21.5 Å². The first-order valence-corrected chi connectivity index (χ1v) is 10.9. The van der Waals surface area contributed by atoms with Crippen molar-refractivity contribution < 1.29 is 18.4 Å². The maximum atomic E-state index is 13.8. The lowest BCUT2D eigenvalue weighted by molar-refractivity contribution is -0.123. The van der Waals surface area contributed by atoms with Gasteiger partial charge < -0.3 is 9.80 Å². The van der Waals surface area contributed by atoms with Crippen LogP contribution in [0, 0.1) is 11.6 Å². The summed E-state index contributed by atoms with van der Waals surface area (Å²) in [6, 6.07) is 19.0. The molecule has 1 saturated heterocycles. The topological polar surface area (TPSA) is 40.6 Å². The first-order valence-electron chi connectivity index (χ1n) is 9.88.